The molecule has 1 aliphatic rings. The van der Waals surface area contributed by atoms with Crippen LogP contribution in [0.1, 0.15) is 5.56 Å². The number of benzene rings is 1. The molecule has 0 saturated carbocycles. The van der Waals surface area contributed by atoms with Gasteiger partial charge in [-0.15, -0.1) is 0 Å². The van der Waals surface area contributed by atoms with Crippen molar-refractivity contribution in [2.45, 2.75) is 0 Å². The van der Waals surface area contributed by atoms with Gasteiger partial charge in [-0.3, -0.25) is 0 Å². The first kappa shape index (κ1) is 7.62. The molecule has 70 valence electrons. The molecule has 0 spiro atoms. The van der Waals surface area contributed by atoms with E-state index in [0.29, 0.717) is 6.61 Å². The minimum atomic E-state index is 0.709. The monoisotopic (exact) mass is 186 g/mol. The van der Waals surface area contributed by atoms with Crippen LogP contribution in [-0.4, -0.2) is 24.0 Å². The average molecular weight is 186 g/mol. The lowest BCUT2D eigenvalue weighted by atomic mass is 10.1. The van der Waals surface area contributed by atoms with Crippen LogP contribution in [0.2, 0.25) is 0 Å². The molecule has 0 saturated heterocycles. The number of aromatic amines is 1. The summed E-state index contributed by atoms with van der Waals surface area (Å²) >= 11 is 0. The molecular formula is C11H10N2O. The normalized spacial score (nSPS) is 15.6. The lowest BCUT2D eigenvalue weighted by Gasteiger charge is -2.00. The highest BCUT2D eigenvalue weighted by Gasteiger charge is 2.10. The number of ether oxygens (including phenoxy) is 1. The van der Waals surface area contributed by atoms with Crippen LogP contribution < -0.4 is 0 Å². The molecule has 2 aromatic rings. The lowest BCUT2D eigenvalue weighted by molar-refractivity contribution is 0.348. The summed E-state index contributed by atoms with van der Waals surface area (Å²) in [5.74, 6) is 0.771. The summed E-state index contributed by atoms with van der Waals surface area (Å²) in [6.07, 6.45) is 1.94. The van der Waals surface area contributed by atoms with Gasteiger partial charge in [0.2, 0.25) is 5.90 Å². The Morgan fingerprint density at radius 2 is 2.29 bits per heavy atom. The summed E-state index contributed by atoms with van der Waals surface area (Å²) in [5, 5.41) is 1.20. The van der Waals surface area contributed by atoms with Crippen molar-refractivity contribution in [1.29, 1.82) is 0 Å². The van der Waals surface area contributed by atoms with Crippen molar-refractivity contribution in [3.63, 3.8) is 0 Å². The van der Waals surface area contributed by atoms with E-state index in [2.05, 4.69) is 22.1 Å². The highest BCUT2D eigenvalue weighted by atomic mass is 16.5. The van der Waals surface area contributed by atoms with Gasteiger partial charge in [-0.2, -0.15) is 0 Å². The molecule has 1 aromatic carbocycles. The third-order valence-electron chi connectivity index (χ3n) is 2.39. The minimum Gasteiger partial charge on any atom is -0.476 e. The van der Waals surface area contributed by atoms with Crippen molar-refractivity contribution in [3.05, 3.63) is 36.0 Å². The number of fused-ring (bicyclic) bond motifs is 1. The topological polar surface area (TPSA) is 37.4 Å². The fraction of sp³-hybridized carbons (Fsp3) is 0.182. The Labute approximate surface area is 81.4 Å². The smallest absolute Gasteiger partial charge is 0.216 e. The van der Waals surface area contributed by atoms with E-state index in [1.165, 1.54) is 5.39 Å². The second kappa shape index (κ2) is 2.87. The highest BCUT2D eigenvalue weighted by Crippen LogP contribution is 2.16. The number of nitrogens with one attached hydrogen (secondary N) is 1. The van der Waals surface area contributed by atoms with Gasteiger partial charge in [-0.25, -0.2) is 4.99 Å². The standard InChI is InChI=1S/C11H10N2O/c1-2-10-8(3-4-12-10)7-9(1)11-13-5-6-14-11/h1-4,7,12H,5-6H2. The van der Waals surface area contributed by atoms with Crippen LogP contribution in [0, 0.1) is 0 Å². The predicted molar refractivity (Wildman–Crippen MR) is 55.7 cm³/mol. The van der Waals surface area contributed by atoms with Gasteiger partial charge in [-0.05, 0) is 24.3 Å². The zero-order valence-electron chi connectivity index (χ0n) is 7.66. The first-order chi connectivity index (χ1) is 6.93. The molecule has 3 heteroatoms. The molecule has 0 aliphatic carbocycles. The average Bonchev–Trinajstić information content (AvgIpc) is 2.88. The van der Waals surface area contributed by atoms with Crippen molar-refractivity contribution >= 4 is 16.8 Å². The van der Waals surface area contributed by atoms with E-state index in [1.54, 1.807) is 0 Å². The van der Waals surface area contributed by atoms with Gasteiger partial charge in [0.25, 0.3) is 0 Å². The largest absolute Gasteiger partial charge is 0.476 e. The third-order valence-corrected chi connectivity index (χ3v) is 2.39. The van der Waals surface area contributed by atoms with Crippen LogP contribution in [0.25, 0.3) is 10.9 Å². The summed E-state index contributed by atoms with van der Waals surface area (Å²) < 4.78 is 5.40. The van der Waals surface area contributed by atoms with Crippen LogP contribution in [0.15, 0.2) is 35.5 Å². The van der Waals surface area contributed by atoms with Gasteiger partial charge in [0.05, 0.1) is 6.54 Å². The van der Waals surface area contributed by atoms with Gasteiger partial charge in [0.1, 0.15) is 6.61 Å². The van der Waals surface area contributed by atoms with Crippen LogP contribution in [0.5, 0.6) is 0 Å². The number of rotatable bonds is 1. The summed E-state index contributed by atoms with van der Waals surface area (Å²) in [5.41, 5.74) is 2.21. The lowest BCUT2D eigenvalue weighted by Crippen LogP contribution is -2.00. The Morgan fingerprint density at radius 1 is 1.29 bits per heavy atom. The van der Waals surface area contributed by atoms with Gasteiger partial charge in [0, 0.05) is 22.7 Å². The van der Waals surface area contributed by atoms with Crippen molar-refractivity contribution in [1.82, 2.24) is 4.98 Å². The van der Waals surface area contributed by atoms with Gasteiger partial charge in [0.15, 0.2) is 0 Å². The molecular weight excluding hydrogens is 176 g/mol. The molecule has 0 atom stereocenters. The Morgan fingerprint density at radius 3 is 3.14 bits per heavy atom. The van der Waals surface area contributed by atoms with E-state index in [1.807, 2.05) is 18.3 Å². The Hall–Kier alpha value is -1.77. The first-order valence-electron chi connectivity index (χ1n) is 4.68. The molecule has 0 unspecified atom stereocenters. The summed E-state index contributed by atoms with van der Waals surface area (Å²) in [4.78, 5) is 7.44. The second-order valence-corrected chi connectivity index (χ2v) is 3.32. The maximum Gasteiger partial charge on any atom is 0.216 e. The van der Waals surface area contributed by atoms with Crippen molar-refractivity contribution in [2.75, 3.05) is 13.2 Å². The molecule has 0 amide bonds. The second-order valence-electron chi connectivity index (χ2n) is 3.32. The number of H-pyrrole nitrogens is 1. The molecule has 2 heterocycles. The van der Waals surface area contributed by atoms with Crippen molar-refractivity contribution in [3.8, 4) is 0 Å². The number of hydrogen-bond donors (Lipinski definition) is 1. The van der Waals surface area contributed by atoms with Crippen LogP contribution in [-0.2, 0) is 4.74 Å². The maximum atomic E-state index is 5.40. The summed E-state index contributed by atoms with van der Waals surface area (Å²) in [6.45, 7) is 1.49. The van der Waals surface area contributed by atoms with Crippen molar-refractivity contribution < 1.29 is 4.74 Å². The summed E-state index contributed by atoms with van der Waals surface area (Å²) in [6, 6.07) is 8.22. The van der Waals surface area contributed by atoms with Gasteiger partial charge >= 0.3 is 0 Å². The van der Waals surface area contributed by atoms with Crippen LogP contribution >= 0.6 is 0 Å². The zero-order chi connectivity index (χ0) is 9.38. The van der Waals surface area contributed by atoms with Gasteiger partial charge in [-0.1, -0.05) is 0 Å². The van der Waals surface area contributed by atoms with E-state index < -0.39 is 0 Å². The number of hydrogen-bond acceptors (Lipinski definition) is 2. The minimum absolute atomic E-state index is 0.709. The molecule has 0 fully saturated rings. The Balaban J connectivity index is 2.13. The van der Waals surface area contributed by atoms with Gasteiger partial charge < -0.3 is 9.72 Å². The maximum absolute atomic E-state index is 5.40. The molecule has 1 aliphatic heterocycles. The molecule has 3 rings (SSSR count). The first-order valence-corrected chi connectivity index (χ1v) is 4.68. The van der Waals surface area contributed by atoms with E-state index in [9.17, 15) is 0 Å². The quantitative estimate of drug-likeness (QED) is 0.726. The van der Waals surface area contributed by atoms with Crippen molar-refractivity contribution in [2.24, 2.45) is 4.99 Å². The molecule has 0 radical (unpaired) electrons. The fourth-order valence-electron chi connectivity index (χ4n) is 1.70. The highest BCUT2D eigenvalue weighted by molar-refractivity contribution is 5.98. The molecule has 0 bridgehead atoms. The number of nitrogens with zero attached hydrogens (tertiary/aromatic N) is 1. The number of aliphatic imine (C=N–C) groups is 1. The molecule has 1 aromatic heterocycles. The Kier molecular flexibility index (Phi) is 1.56. The van der Waals surface area contributed by atoms with E-state index in [0.717, 1.165) is 23.5 Å². The molecule has 1 N–H and O–H groups in total. The van der Waals surface area contributed by atoms with E-state index >= 15 is 0 Å². The summed E-state index contributed by atoms with van der Waals surface area (Å²) in [7, 11) is 0. The van der Waals surface area contributed by atoms with E-state index in [-0.39, 0.29) is 0 Å². The Bertz CT molecular complexity index is 499. The predicted octanol–water partition coefficient (Wildman–Crippen LogP) is 1.94. The SMILES string of the molecule is c1cc2cc(C3=NCCO3)ccc2[nH]1. The van der Waals surface area contributed by atoms with E-state index in [4.69, 9.17) is 4.74 Å². The number of aromatic nitrogens is 1. The molecule has 14 heavy (non-hydrogen) atoms. The zero-order valence-corrected chi connectivity index (χ0v) is 7.66. The molecule has 3 nitrogen and oxygen atoms in total. The van der Waals surface area contributed by atoms with Crippen LogP contribution in [0.3, 0.4) is 0 Å². The third kappa shape index (κ3) is 1.09. The van der Waals surface area contributed by atoms with Crippen LogP contribution in [0.4, 0.5) is 0 Å². The fourth-order valence-corrected chi connectivity index (χ4v) is 1.70.